The standard InChI is InChI=1S/C29H50N10O9/c1-14(2)22(28(46)39-23(16(4)40)29(47)48)38-24(42)15(3)35-27(45)20(11-17-12-33-13-34-17)37-26(44)19(7-5-6-10-30)36-25(43)18(31)8-9-21(32)41/h12-16,18-20,22-23,40H,5-11,30-31H2,1-4H3,(H2,32,41)(H,33,34)(H,35,45)(H,36,43)(H,37,44)(H,38,42)(H,39,46)(H,47,48)/t15-,16+,18-,19-,20-,22-,23-/m0/s1. The van der Waals surface area contributed by atoms with E-state index in [1.807, 2.05) is 0 Å². The number of aromatic amines is 1. The van der Waals surface area contributed by atoms with Crippen LogP contribution in [0.15, 0.2) is 12.5 Å². The van der Waals surface area contributed by atoms with Gasteiger partial charge in [-0.3, -0.25) is 28.8 Å². The normalized spacial score (nSPS) is 15.5. The number of nitrogens with zero attached hydrogens (tertiary/aromatic N) is 1. The van der Waals surface area contributed by atoms with Crippen LogP contribution in [0.25, 0.3) is 0 Å². The second-order valence-electron chi connectivity index (χ2n) is 11.8. The molecule has 0 aromatic carbocycles. The highest BCUT2D eigenvalue weighted by Crippen LogP contribution is 2.08. The molecule has 1 aromatic rings. The number of imidazole rings is 1. The van der Waals surface area contributed by atoms with E-state index in [4.69, 9.17) is 17.2 Å². The summed E-state index contributed by atoms with van der Waals surface area (Å²) in [5, 5.41) is 31.3. The Morgan fingerprint density at radius 3 is 1.94 bits per heavy atom. The number of carbonyl (C=O) groups is 7. The van der Waals surface area contributed by atoms with E-state index in [-0.39, 0.29) is 25.7 Å². The molecule has 0 spiro atoms. The Bertz CT molecular complexity index is 1240. The van der Waals surface area contributed by atoms with Gasteiger partial charge in [-0.2, -0.15) is 0 Å². The van der Waals surface area contributed by atoms with Crippen LogP contribution in [0.2, 0.25) is 0 Å². The molecule has 0 bridgehead atoms. The molecule has 0 unspecified atom stereocenters. The van der Waals surface area contributed by atoms with Gasteiger partial charge in [0.1, 0.15) is 24.2 Å². The summed E-state index contributed by atoms with van der Waals surface area (Å²) < 4.78 is 0. The predicted molar refractivity (Wildman–Crippen MR) is 171 cm³/mol. The predicted octanol–water partition coefficient (Wildman–Crippen LogP) is -3.76. The first-order chi connectivity index (χ1) is 22.5. The summed E-state index contributed by atoms with van der Waals surface area (Å²) in [6.45, 7) is 6.09. The van der Waals surface area contributed by atoms with Crippen LogP contribution < -0.4 is 43.8 Å². The quantitative estimate of drug-likeness (QED) is 0.0525. The minimum Gasteiger partial charge on any atom is -0.480 e. The molecule has 0 saturated carbocycles. The number of unbranched alkanes of at least 4 members (excludes halogenated alkanes) is 1. The molecule has 1 rings (SSSR count). The number of aliphatic hydroxyl groups excluding tert-OH is 1. The number of hydrogen-bond donors (Lipinski definition) is 11. The third kappa shape index (κ3) is 14.4. The van der Waals surface area contributed by atoms with E-state index in [0.29, 0.717) is 25.1 Å². The van der Waals surface area contributed by atoms with Crippen LogP contribution in [-0.4, -0.2) is 110 Å². The van der Waals surface area contributed by atoms with Crippen molar-refractivity contribution in [2.75, 3.05) is 6.54 Å². The molecule has 14 N–H and O–H groups in total. The van der Waals surface area contributed by atoms with Crippen molar-refractivity contribution in [2.24, 2.45) is 23.1 Å². The number of aromatic nitrogens is 2. The number of carbonyl (C=O) groups excluding carboxylic acids is 6. The highest BCUT2D eigenvalue weighted by atomic mass is 16.4. The molecule has 1 heterocycles. The van der Waals surface area contributed by atoms with Crippen molar-refractivity contribution in [3.8, 4) is 0 Å². The summed E-state index contributed by atoms with van der Waals surface area (Å²) in [4.78, 5) is 94.8. The number of carboxylic acids is 1. The SMILES string of the molecule is CC(C)[C@H](NC(=O)[C@H](C)NC(=O)[C@H](Cc1cnc[nH]1)NC(=O)[C@H](CCCCN)NC(=O)[C@@H](N)CCC(N)=O)C(=O)N[C@H](C(=O)O)[C@@H](C)O. The lowest BCUT2D eigenvalue weighted by Gasteiger charge is -2.27. The molecule has 0 saturated heterocycles. The molecule has 0 radical (unpaired) electrons. The minimum atomic E-state index is -1.62. The van der Waals surface area contributed by atoms with Gasteiger partial charge < -0.3 is 59.0 Å². The Morgan fingerprint density at radius 2 is 1.42 bits per heavy atom. The summed E-state index contributed by atoms with van der Waals surface area (Å²) in [5.74, 6) is -6.46. The molecule has 6 amide bonds. The lowest BCUT2D eigenvalue weighted by atomic mass is 10.0. The van der Waals surface area contributed by atoms with Crippen LogP contribution in [0, 0.1) is 5.92 Å². The van der Waals surface area contributed by atoms with Gasteiger partial charge in [0.2, 0.25) is 35.4 Å². The Hall–Kier alpha value is -4.62. The van der Waals surface area contributed by atoms with E-state index in [1.165, 1.54) is 26.4 Å². The number of H-pyrrole nitrogens is 1. The molecule has 0 aliphatic rings. The molecule has 19 heteroatoms. The van der Waals surface area contributed by atoms with Crippen molar-refractivity contribution in [3.63, 3.8) is 0 Å². The monoisotopic (exact) mass is 682 g/mol. The van der Waals surface area contributed by atoms with Gasteiger partial charge in [-0.15, -0.1) is 0 Å². The van der Waals surface area contributed by atoms with Crippen molar-refractivity contribution in [3.05, 3.63) is 18.2 Å². The second-order valence-corrected chi connectivity index (χ2v) is 11.8. The first-order valence-electron chi connectivity index (χ1n) is 15.6. The fourth-order valence-electron chi connectivity index (χ4n) is 4.39. The molecule has 48 heavy (non-hydrogen) atoms. The lowest BCUT2D eigenvalue weighted by molar-refractivity contribution is -0.145. The fraction of sp³-hybridized carbons (Fsp3) is 0.655. The Labute approximate surface area is 278 Å². The largest absolute Gasteiger partial charge is 0.480 e. The first kappa shape index (κ1) is 41.4. The van der Waals surface area contributed by atoms with Gasteiger partial charge in [0, 0.05) is 24.7 Å². The molecule has 270 valence electrons. The molecule has 19 nitrogen and oxygen atoms in total. The Balaban J connectivity index is 3.10. The van der Waals surface area contributed by atoms with Crippen LogP contribution in [0.5, 0.6) is 0 Å². The molecule has 0 aliphatic heterocycles. The second kappa shape index (κ2) is 20.6. The van der Waals surface area contributed by atoms with Crippen LogP contribution in [0.1, 0.15) is 65.5 Å². The smallest absolute Gasteiger partial charge is 0.328 e. The maximum absolute atomic E-state index is 13.5. The highest BCUT2D eigenvalue weighted by molar-refractivity contribution is 5.96. The van der Waals surface area contributed by atoms with E-state index >= 15 is 0 Å². The maximum atomic E-state index is 13.5. The fourth-order valence-corrected chi connectivity index (χ4v) is 4.39. The summed E-state index contributed by atoms with van der Waals surface area (Å²) in [6, 6.07) is -7.58. The number of primary amides is 1. The van der Waals surface area contributed by atoms with Gasteiger partial charge in [0.05, 0.1) is 18.5 Å². The summed E-state index contributed by atoms with van der Waals surface area (Å²) in [6.07, 6.45) is 2.29. The van der Waals surface area contributed by atoms with Gasteiger partial charge in [-0.1, -0.05) is 13.8 Å². The number of carboxylic acid groups (broad SMARTS) is 1. The number of nitrogens with one attached hydrogen (secondary N) is 6. The Morgan fingerprint density at radius 1 is 0.812 bits per heavy atom. The third-order valence-electron chi connectivity index (χ3n) is 7.28. The van der Waals surface area contributed by atoms with Crippen molar-refractivity contribution in [1.29, 1.82) is 0 Å². The molecule has 7 atom stereocenters. The van der Waals surface area contributed by atoms with Crippen molar-refractivity contribution >= 4 is 41.4 Å². The summed E-state index contributed by atoms with van der Waals surface area (Å²) in [7, 11) is 0. The van der Waals surface area contributed by atoms with Gasteiger partial charge in [-0.25, -0.2) is 9.78 Å². The van der Waals surface area contributed by atoms with Gasteiger partial charge in [-0.05, 0) is 52.0 Å². The van der Waals surface area contributed by atoms with Crippen molar-refractivity contribution in [1.82, 2.24) is 36.6 Å². The van der Waals surface area contributed by atoms with E-state index in [9.17, 15) is 43.8 Å². The Kier molecular flexibility index (Phi) is 17.8. The molecular weight excluding hydrogens is 632 g/mol. The average molecular weight is 683 g/mol. The van der Waals surface area contributed by atoms with Gasteiger partial charge in [0.25, 0.3) is 0 Å². The zero-order valence-electron chi connectivity index (χ0n) is 27.7. The number of hydrogen-bond acceptors (Lipinski definition) is 11. The highest BCUT2D eigenvalue weighted by Gasteiger charge is 2.33. The maximum Gasteiger partial charge on any atom is 0.328 e. The number of aliphatic carboxylic acids is 1. The third-order valence-corrected chi connectivity index (χ3v) is 7.28. The topological polar surface area (TPSA) is 327 Å². The zero-order valence-corrected chi connectivity index (χ0v) is 27.7. The van der Waals surface area contributed by atoms with Crippen LogP contribution in [-0.2, 0) is 40.0 Å². The summed E-state index contributed by atoms with van der Waals surface area (Å²) >= 11 is 0. The molecule has 0 aliphatic carbocycles. The average Bonchev–Trinajstić information content (AvgIpc) is 3.52. The summed E-state index contributed by atoms with van der Waals surface area (Å²) in [5.41, 5.74) is 17.0. The first-order valence-corrected chi connectivity index (χ1v) is 15.6. The van der Waals surface area contributed by atoms with E-state index < -0.39 is 89.7 Å². The van der Waals surface area contributed by atoms with E-state index in [0.717, 1.165) is 0 Å². The number of nitrogens with two attached hydrogens (primary N) is 3. The molecular formula is C29H50N10O9. The van der Waals surface area contributed by atoms with Gasteiger partial charge in [0.15, 0.2) is 6.04 Å². The number of amides is 6. The lowest BCUT2D eigenvalue weighted by Crippen LogP contribution is -2.60. The molecule has 0 fully saturated rings. The van der Waals surface area contributed by atoms with Crippen molar-refractivity contribution in [2.45, 2.75) is 109 Å². The minimum absolute atomic E-state index is 0.0386. The van der Waals surface area contributed by atoms with Crippen LogP contribution in [0.3, 0.4) is 0 Å². The zero-order chi connectivity index (χ0) is 36.6. The van der Waals surface area contributed by atoms with Crippen molar-refractivity contribution < 1.29 is 43.8 Å². The number of aliphatic hydroxyl groups is 1. The van der Waals surface area contributed by atoms with Crippen LogP contribution >= 0.6 is 0 Å². The van der Waals surface area contributed by atoms with Crippen LogP contribution in [0.4, 0.5) is 0 Å². The van der Waals surface area contributed by atoms with E-state index in [2.05, 4.69) is 36.6 Å². The van der Waals surface area contributed by atoms with E-state index in [1.54, 1.807) is 13.8 Å². The number of rotatable bonds is 22. The van der Waals surface area contributed by atoms with Gasteiger partial charge >= 0.3 is 5.97 Å². The molecule has 1 aromatic heterocycles.